The maximum absolute atomic E-state index is 12.2. The molecule has 0 bridgehead atoms. The number of hydrogen-bond acceptors (Lipinski definition) is 6. The Kier molecular flexibility index (Phi) is 9.04. The molecule has 1 fully saturated rings. The molecule has 0 unspecified atom stereocenters. The second kappa shape index (κ2) is 12.4. The summed E-state index contributed by atoms with van der Waals surface area (Å²) in [6.07, 6.45) is 2.98. The minimum Gasteiger partial charge on any atom is -0.497 e. The molecule has 0 radical (unpaired) electrons. The van der Waals surface area contributed by atoms with Gasteiger partial charge in [0.05, 0.1) is 13.7 Å². The molecule has 0 spiro atoms. The first-order chi connectivity index (χ1) is 17.5. The van der Waals surface area contributed by atoms with Crippen molar-refractivity contribution in [2.45, 2.75) is 41.0 Å². The van der Waals surface area contributed by atoms with E-state index in [9.17, 15) is 4.79 Å². The van der Waals surface area contributed by atoms with Crippen LogP contribution < -0.4 is 26.4 Å². The van der Waals surface area contributed by atoms with Gasteiger partial charge in [-0.25, -0.2) is 0 Å². The lowest BCUT2D eigenvalue weighted by Crippen LogP contribution is -2.42. The monoisotopic (exact) mass is 504 g/mol. The normalized spacial score (nSPS) is 14.9. The number of hydrogen-bond donors (Lipinski definition) is 4. The highest BCUT2D eigenvalue weighted by Gasteiger charge is 2.36. The molecule has 0 saturated carbocycles. The van der Waals surface area contributed by atoms with E-state index < -0.39 is 0 Å². The third kappa shape index (κ3) is 6.48. The van der Waals surface area contributed by atoms with E-state index >= 15 is 0 Å². The van der Waals surface area contributed by atoms with Gasteiger partial charge >= 0.3 is 0 Å². The lowest BCUT2D eigenvalue weighted by Gasteiger charge is -2.40. The number of carbonyl (C=O) groups is 1. The molecule has 0 aliphatic carbocycles. The van der Waals surface area contributed by atoms with Crippen LogP contribution >= 0.6 is 11.8 Å². The van der Waals surface area contributed by atoms with E-state index in [1.165, 1.54) is 20.9 Å². The van der Waals surface area contributed by atoms with Crippen LogP contribution in [0.1, 0.15) is 29.5 Å². The number of likely N-dealkylation sites (N-methyl/N-ethyl adjacent to an activating group) is 1. The van der Waals surface area contributed by atoms with Crippen LogP contribution in [0.2, 0.25) is 0 Å². The highest BCUT2D eigenvalue weighted by atomic mass is 32.2. The highest BCUT2D eigenvalue weighted by molar-refractivity contribution is 7.99. The van der Waals surface area contributed by atoms with Gasteiger partial charge in [0.15, 0.2) is 0 Å². The van der Waals surface area contributed by atoms with E-state index in [4.69, 9.17) is 10.5 Å². The number of benzene rings is 3. The quantitative estimate of drug-likeness (QED) is 0.329. The van der Waals surface area contributed by atoms with E-state index in [0.717, 1.165) is 49.4 Å². The Bertz CT molecular complexity index is 1140. The summed E-state index contributed by atoms with van der Waals surface area (Å²) >= 11 is 1.75. The minimum absolute atomic E-state index is 0.0334. The highest BCUT2D eigenvalue weighted by Crippen LogP contribution is 2.40. The van der Waals surface area contributed by atoms with Gasteiger partial charge in [-0.15, -0.1) is 0 Å². The molecule has 0 aromatic heterocycles. The number of methoxy groups -OCH3 is 1. The Morgan fingerprint density at radius 1 is 1.03 bits per heavy atom. The van der Waals surface area contributed by atoms with Crippen molar-refractivity contribution in [1.82, 2.24) is 10.6 Å². The van der Waals surface area contributed by atoms with Crippen LogP contribution in [0, 0.1) is 0 Å². The van der Waals surface area contributed by atoms with Crippen molar-refractivity contribution in [2.24, 2.45) is 5.73 Å². The second-order valence-electron chi connectivity index (χ2n) is 9.28. The fraction of sp³-hybridized carbons (Fsp3) is 0.345. The number of rotatable bonds is 10. The summed E-state index contributed by atoms with van der Waals surface area (Å²) < 4.78 is 5.26. The Morgan fingerprint density at radius 3 is 2.31 bits per heavy atom. The SMILES string of the molecule is CNCC(=O)Nc1ccc(CN)c(C2(Cc3ccc(Sc4ccc(OC)cc4)cc3)CCNCC2)c1. The molecular weight excluding hydrogens is 468 g/mol. The number of amides is 1. The molecule has 36 heavy (non-hydrogen) atoms. The molecule has 190 valence electrons. The van der Waals surface area contributed by atoms with Crippen LogP contribution in [0.3, 0.4) is 0 Å². The van der Waals surface area contributed by atoms with Crippen molar-refractivity contribution in [3.05, 3.63) is 83.4 Å². The van der Waals surface area contributed by atoms with Crippen LogP contribution in [0.15, 0.2) is 76.5 Å². The van der Waals surface area contributed by atoms with E-state index in [1.807, 2.05) is 18.2 Å². The van der Waals surface area contributed by atoms with Crippen LogP contribution in [0.5, 0.6) is 5.75 Å². The summed E-state index contributed by atoms with van der Waals surface area (Å²) in [5.41, 5.74) is 10.7. The van der Waals surface area contributed by atoms with Gasteiger partial charge in [-0.05, 0) is 105 Å². The van der Waals surface area contributed by atoms with Gasteiger partial charge in [-0.3, -0.25) is 4.79 Å². The summed E-state index contributed by atoms with van der Waals surface area (Å²) in [7, 11) is 3.45. The van der Waals surface area contributed by atoms with E-state index in [-0.39, 0.29) is 17.9 Å². The molecule has 7 heteroatoms. The predicted molar refractivity (Wildman–Crippen MR) is 148 cm³/mol. The van der Waals surface area contributed by atoms with Crippen molar-refractivity contribution in [3.63, 3.8) is 0 Å². The third-order valence-corrected chi connectivity index (χ3v) is 7.86. The summed E-state index contributed by atoms with van der Waals surface area (Å²) in [6.45, 7) is 2.69. The van der Waals surface area contributed by atoms with Crippen molar-refractivity contribution >= 4 is 23.4 Å². The Morgan fingerprint density at radius 2 is 1.69 bits per heavy atom. The molecule has 4 rings (SSSR count). The predicted octanol–water partition coefficient (Wildman–Crippen LogP) is 4.33. The minimum atomic E-state index is -0.0479. The topological polar surface area (TPSA) is 88.4 Å². The average Bonchev–Trinajstić information content (AvgIpc) is 2.91. The summed E-state index contributed by atoms with van der Waals surface area (Å²) in [4.78, 5) is 14.6. The molecule has 3 aromatic carbocycles. The summed E-state index contributed by atoms with van der Waals surface area (Å²) in [5, 5.41) is 9.45. The maximum Gasteiger partial charge on any atom is 0.238 e. The van der Waals surface area contributed by atoms with Crippen LogP contribution in [0.4, 0.5) is 5.69 Å². The molecule has 0 atom stereocenters. The smallest absolute Gasteiger partial charge is 0.238 e. The van der Waals surface area contributed by atoms with Crippen LogP contribution in [-0.2, 0) is 23.2 Å². The maximum atomic E-state index is 12.2. The van der Waals surface area contributed by atoms with Gasteiger partial charge in [0.25, 0.3) is 0 Å². The lowest BCUT2D eigenvalue weighted by molar-refractivity contribution is -0.115. The largest absolute Gasteiger partial charge is 0.497 e. The van der Waals surface area contributed by atoms with Gasteiger partial charge in [-0.1, -0.05) is 30.0 Å². The number of piperidine rings is 1. The average molecular weight is 505 g/mol. The Hall–Kier alpha value is -2.84. The molecule has 3 aromatic rings. The summed E-state index contributed by atoms with van der Waals surface area (Å²) in [5.74, 6) is 0.817. The Balaban J connectivity index is 1.57. The van der Waals surface area contributed by atoms with E-state index in [2.05, 4.69) is 64.5 Å². The summed E-state index contributed by atoms with van der Waals surface area (Å²) in [6, 6.07) is 23.2. The molecule has 1 heterocycles. The number of nitrogens with one attached hydrogen (secondary N) is 3. The number of carbonyl (C=O) groups excluding carboxylic acids is 1. The van der Waals surface area contributed by atoms with Gasteiger partial charge in [0.1, 0.15) is 5.75 Å². The van der Waals surface area contributed by atoms with Crippen molar-refractivity contribution in [3.8, 4) is 5.75 Å². The van der Waals surface area contributed by atoms with Gasteiger partial charge in [-0.2, -0.15) is 0 Å². The van der Waals surface area contributed by atoms with Gasteiger partial charge in [0.2, 0.25) is 5.91 Å². The number of anilines is 1. The second-order valence-corrected chi connectivity index (χ2v) is 10.4. The third-order valence-electron chi connectivity index (χ3n) is 6.84. The molecule has 6 nitrogen and oxygen atoms in total. The molecule has 1 aliphatic rings. The lowest BCUT2D eigenvalue weighted by atomic mass is 9.68. The first kappa shape index (κ1) is 26.2. The van der Waals surface area contributed by atoms with E-state index in [1.54, 1.807) is 25.9 Å². The van der Waals surface area contributed by atoms with Gasteiger partial charge < -0.3 is 26.4 Å². The fourth-order valence-electron chi connectivity index (χ4n) is 4.98. The van der Waals surface area contributed by atoms with Crippen molar-refractivity contribution < 1.29 is 9.53 Å². The van der Waals surface area contributed by atoms with Crippen LogP contribution in [-0.4, -0.2) is 39.7 Å². The zero-order valence-corrected chi connectivity index (χ0v) is 21.9. The van der Waals surface area contributed by atoms with Gasteiger partial charge in [0, 0.05) is 27.4 Å². The van der Waals surface area contributed by atoms with Crippen LogP contribution in [0.25, 0.3) is 0 Å². The van der Waals surface area contributed by atoms with Crippen molar-refractivity contribution in [2.75, 3.05) is 39.1 Å². The molecule has 5 N–H and O–H groups in total. The zero-order chi connectivity index (χ0) is 25.4. The van der Waals surface area contributed by atoms with Crippen molar-refractivity contribution in [1.29, 1.82) is 0 Å². The standard InChI is InChI=1S/C29H36N4O2S/c1-31-20-28(34)33-23-6-5-22(19-30)27(17-23)29(13-15-32-16-14-29)18-21-3-9-25(10-4-21)36-26-11-7-24(35-2)8-12-26/h3-12,17,31-32H,13-16,18-20,30H2,1-2H3,(H,33,34). The molecular formula is C29H36N4O2S. The fourth-order valence-corrected chi connectivity index (χ4v) is 5.80. The number of nitrogens with two attached hydrogens (primary N) is 1. The first-order valence-electron chi connectivity index (χ1n) is 12.4. The molecule has 1 amide bonds. The zero-order valence-electron chi connectivity index (χ0n) is 21.1. The number of ether oxygens (including phenoxy) is 1. The molecule has 1 saturated heterocycles. The molecule has 1 aliphatic heterocycles. The van der Waals surface area contributed by atoms with E-state index in [0.29, 0.717) is 6.54 Å². The first-order valence-corrected chi connectivity index (χ1v) is 13.3. The Labute approximate surface area is 218 Å².